The van der Waals surface area contributed by atoms with Crippen molar-refractivity contribution in [2.24, 2.45) is 0 Å². The van der Waals surface area contributed by atoms with Gasteiger partial charge in [0.15, 0.2) is 0 Å². The molecule has 1 aromatic heterocycles. The summed E-state index contributed by atoms with van der Waals surface area (Å²) in [5.41, 5.74) is 0. The lowest BCUT2D eigenvalue weighted by Crippen LogP contribution is -2.36. The molecule has 0 aliphatic heterocycles. The van der Waals surface area contributed by atoms with Gasteiger partial charge in [-0.25, -0.2) is 8.78 Å². The van der Waals surface area contributed by atoms with E-state index in [9.17, 15) is 8.78 Å². The van der Waals surface area contributed by atoms with Crippen molar-refractivity contribution in [3.05, 3.63) is 16.0 Å². The van der Waals surface area contributed by atoms with Gasteiger partial charge in [0.25, 0.3) is 5.92 Å². The van der Waals surface area contributed by atoms with Crippen molar-refractivity contribution in [1.29, 1.82) is 0 Å². The van der Waals surface area contributed by atoms with Crippen LogP contribution in [0.25, 0.3) is 0 Å². The summed E-state index contributed by atoms with van der Waals surface area (Å²) in [4.78, 5) is 0. The van der Waals surface area contributed by atoms with E-state index in [0.29, 0.717) is 6.54 Å². The summed E-state index contributed by atoms with van der Waals surface area (Å²) in [6, 6.07) is 0. The van der Waals surface area contributed by atoms with Crippen LogP contribution in [0.5, 0.6) is 0 Å². The third kappa shape index (κ3) is 3.87. The number of halogens is 3. The molecule has 0 amide bonds. The standard InChI is InChI=1S/C8H12F2IN3/c1-2-12-5-8(9,10)6-14-4-7(11)3-13-14/h3-4,12H,2,5-6H2,1H3. The Morgan fingerprint density at radius 3 is 2.86 bits per heavy atom. The molecule has 0 atom stereocenters. The van der Waals surface area contributed by atoms with Crippen LogP contribution in [-0.2, 0) is 6.54 Å². The van der Waals surface area contributed by atoms with Crippen molar-refractivity contribution >= 4 is 22.6 Å². The molecule has 3 nitrogen and oxygen atoms in total. The zero-order valence-corrected chi connectivity index (χ0v) is 9.96. The van der Waals surface area contributed by atoms with Crippen LogP contribution in [0.1, 0.15) is 6.92 Å². The number of nitrogens with one attached hydrogen (secondary N) is 1. The predicted octanol–water partition coefficient (Wildman–Crippen LogP) is 1.73. The van der Waals surface area contributed by atoms with Gasteiger partial charge in [0, 0.05) is 6.20 Å². The number of alkyl halides is 2. The molecule has 80 valence electrons. The molecule has 0 unspecified atom stereocenters. The van der Waals surface area contributed by atoms with E-state index in [1.54, 1.807) is 19.3 Å². The lowest BCUT2D eigenvalue weighted by molar-refractivity contribution is -0.0174. The smallest absolute Gasteiger partial charge is 0.279 e. The maximum absolute atomic E-state index is 13.2. The van der Waals surface area contributed by atoms with Crippen LogP contribution in [0.15, 0.2) is 12.4 Å². The Morgan fingerprint density at radius 2 is 2.36 bits per heavy atom. The van der Waals surface area contributed by atoms with E-state index < -0.39 is 5.92 Å². The highest BCUT2D eigenvalue weighted by Gasteiger charge is 2.29. The lowest BCUT2D eigenvalue weighted by atomic mass is 10.3. The van der Waals surface area contributed by atoms with E-state index in [1.165, 1.54) is 4.68 Å². The molecule has 0 radical (unpaired) electrons. The Balaban J connectivity index is 2.49. The van der Waals surface area contributed by atoms with E-state index in [-0.39, 0.29) is 13.1 Å². The lowest BCUT2D eigenvalue weighted by Gasteiger charge is -2.16. The summed E-state index contributed by atoms with van der Waals surface area (Å²) in [6.45, 7) is 1.67. The molecule has 14 heavy (non-hydrogen) atoms. The minimum absolute atomic E-state index is 0.306. The third-order valence-corrected chi connectivity index (χ3v) is 2.19. The van der Waals surface area contributed by atoms with Crippen LogP contribution in [0, 0.1) is 3.57 Å². The van der Waals surface area contributed by atoms with E-state index >= 15 is 0 Å². The number of hydrogen-bond donors (Lipinski definition) is 1. The zero-order valence-electron chi connectivity index (χ0n) is 7.80. The molecule has 1 heterocycles. The van der Waals surface area contributed by atoms with E-state index in [0.717, 1.165) is 3.57 Å². The Bertz CT molecular complexity index is 288. The van der Waals surface area contributed by atoms with Crippen LogP contribution >= 0.6 is 22.6 Å². The fourth-order valence-corrected chi connectivity index (χ4v) is 1.47. The predicted molar refractivity (Wildman–Crippen MR) is 58.4 cm³/mol. The first-order valence-electron chi connectivity index (χ1n) is 4.30. The summed E-state index contributed by atoms with van der Waals surface area (Å²) >= 11 is 2.04. The average molecular weight is 315 g/mol. The Kier molecular flexibility index (Phi) is 4.24. The minimum Gasteiger partial charge on any atom is -0.311 e. The van der Waals surface area contributed by atoms with Crippen LogP contribution < -0.4 is 5.32 Å². The summed E-state index contributed by atoms with van der Waals surface area (Å²) in [6.07, 6.45) is 3.16. The highest BCUT2D eigenvalue weighted by molar-refractivity contribution is 14.1. The monoisotopic (exact) mass is 315 g/mol. The van der Waals surface area contributed by atoms with E-state index in [4.69, 9.17) is 0 Å². The first kappa shape index (κ1) is 11.8. The fourth-order valence-electron chi connectivity index (χ4n) is 1.03. The molecule has 0 aliphatic rings. The quantitative estimate of drug-likeness (QED) is 0.839. The highest BCUT2D eigenvalue weighted by atomic mass is 127. The highest BCUT2D eigenvalue weighted by Crippen LogP contribution is 2.15. The van der Waals surface area contributed by atoms with E-state index in [2.05, 4.69) is 10.4 Å². The van der Waals surface area contributed by atoms with Gasteiger partial charge in [-0.1, -0.05) is 6.92 Å². The van der Waals surface area contributed by atoms with Gasteiger partial charge in [-0.05, 0) is 29.1 Å². The number of hydrogen-bond acceptors (Lipinski definition) is 2. The maximum Gasteiger partial charge on any atom is 0.279 e. The number of rotatable bonds is 5. The molecule has 1 aromatic rings. The van der Waals surface area contributed by atoms with Gasteiger partial charge < -0.3 is 5.32 Å². The van der Waals surface area contributed by atoms with Gasteiger partial charge in [0.05, 0.1) is 16.3 Å². The van der Waals surface area contributed by atoms with Crippen molar-refractivity contribution < 1.29 is 8.78 Å². The molecule has 0 aliphatic carbocycles. The van der Waals surface area contributed by atoms with Gasteiger partial charge >= 0.3 is 0 Å². The second-order valence-electron chi connectivity index (χ2n) is 2.99. The van der Waals surface area contributed by atoms with Crippen LogP contribution in [0.3, 0.4) is 0 Å². The summed E-state index contributed by atoms with van der Waals surface area (Å²) in [7, 11) is 0. The van der Waals surface area contributed by atoms with Gasteiger partial charge in [0.1, 0.15) is 6.54 Å². The first-order valence-corrected chi connectivity index (χ1v) is 5.38. The fraction of sp³-hybridized carbons (Fsp3) is 0.625. The second-order valence-corrected chi connectivity index (χ2v) is 4.24. The molecular weight excluding hydrogens is 303 g/mol. The van der Waals surface area contributed by atoms with Gasteiger partial charge in [-0.3, -0.25) is 4.68 Å². The van der Waals surface area contributed by atoms with Gasteiger partial charge in [-0.2, -0.15) is 5.10 Å². The largest absolute Gasteiger partial charge is 0.311 e. The van der Waals surface area contributed by atoms with E-state index in [1.807, 2.05) is 22.6 Å². The van der Waals surface area contributed by atoms with Crippen molar-refractivity contribution in [3.8, 4) is 0 Å². The molecule has 0 fully saturated rings. The van der Waals surface area contributed by atoms with Crippen LogP contribution in [0.2, 0.25) is 0 Å². The Labute approximate surface area is 95.0 Å². The van der Waals surface area contributed by atoms with Crippen molar-refractivity contribution in [2.75, 3.05) is 13.1 Å². The first-order chi connectivity index (χ1) is 6.53. The molecule has 0 saturated carbocycles. The van der Waals surface area contributed by atoms with Crippen LogP contribution in [-0.4, -0.2) is 28.8 Å². The zero-order chi connectivity index (χ0) is 10.6. The Morgan fingerprint density at radius 1 is 1.64 bits per heavy atom. The van der Waals surface area contributed by atoms with Crippen molar-refractivity contribution in [1.82, 2.24) is 15.1 Å². The molecular formula is C8H12F2IN3. The molecule has 6 heteroatoms. The van der Waals surface area contributed by atoms with Gasteiger partial charge in [0.2, 0.25) is 0 Å². The Hall–Kier alpha value is -0.240. The summed E-state index contributed by atoms with van der Waals surface area (Å²) < 4.78 is 28.5. The molecule has 0 aromatic carbocycles. The number of aromatic nitrogens is 2. The summed E-state index contributed by atoms with van der Waals surface area (Å²) in [5, 5.41) is 6.43. The topological polar surface area (TPSA) is 29.9 Å². The minimum atomic E-state index is -2.74. The summed E-state index contributed by atoms with van der Waals surface area (Å²) in [5.74, 6) is -2.74. The maximum atomic E-state index is 13.2. The van der Waals surface area contributed by atoms with Crippen molar-refractivity contribution in [3.63, 3.8) is 0 Å². The molecule has 0 spiro atoms. The molecule has 1 N–H and O–H groups in total. The third-order valence-electron chi connectivity index (χ3n) is 1.63. The SMILES string of the molecule is CCNCC(F)(F)Cn1cc(I)cn1. The van der Waals surface area contributed by atoms with Crippen LogP contribution in [0.4, 0.5) is 8.78 Å². The number of nitrogens with zero attached hydrogens (tertiary/aromatic N) is 2. The molecule has 1 rings (SSSR count). The van der Waals surface area contributed by atoms with Crippen molar-refractivity contribution in [2.45, 2.75) is 19.4 Å². The molecule has 0 bridgehead atoms. The second kappa shape index (κ2) is 5.01. The molecule has 0 saturated heterocycles. The average Bonchev–Trinajstić information content (AvgIpc) is 2.47. The van der Waals surface area contributed by atoms with Gasteiger partial charge in [-0.15, -0.1) is 0 Å². The normalized spacial score (nSPS) is 12.0.